The summed E-state index contributed by atoms with van der Waals surface area (Å²) in [6.45, 7) is 11.9. The Morgan fingerprint density at radius 2 is 1.88 bits per heavy atom. The molecule has 2 aromatic rings. The molecule has 0 aromatic carbocycles. The number of carbonyl (C=O) groups is 1. The Morgan fingerprint density at radius 1 is 1.21 bits per heavy atom. The summed E-state index contributed by atoms with van der Waals surface area (Å²) in [5.74, 6) is 0. The van der Waals surface area contributed by atoms with Crippen LogP contribution in [0.15, 0.2) is 49.1 Å². The summed E-state index contributed by atoms with van der Waals surface area (Å²) in [7, 11) is -6.66. The van der Waals surface area contributed by atoms with E-state index in [1.165, 1.54) is 4.90 Å². The molecule has 2 aliphatic rings. The first-order chi connectivity index (χ1) is 15.8. The van der Waals surface area contributed by atoms with E-state index in [0.717, 1.165) is 5.56 Å². The summed E-state index contributed by atoms with van der Waals surface area (Å²) in [4.78, 5) is 17.4. The van der Waals surface area contributed by atoms with Gasteiger partial charge in [-0.15, -0.1) is 4.28 Å². The fourth-order valence-corrected chi connectivity index (χ4v) is 4.44. The summed E-state index contributed by atoms with van der Waals surface area (Å²) in [5.41, 5.74) is 1.63. The Hall–Kier alpha value is -2.58. The minimum absolute atomic E-state index is 0.109. The molecule has 1 fully saturated rings. The van der Waals surface area contributed by atoms with Gasteiger partial charge in [0, 0.05) is 30.7 Å². The van der Waals surface area contributed by atoms with Crippen molar-refractivity contribution in [3.63, 3.8) is 0 Å². The van der Waals surface area contributed by atoms with Gasteiger partial charge in [0.25, 0.3) is 0 Å². The van der Waals surface area contributed by atoms with Crippen LogP contribution in [0.3, 0.4) is 0 Å². The Morgan fingerprint density at radius 3 is 2.41 bits per heavy atom. The molecule has 34 heavy (non-hydrogen) atoms. The van der Waals surface area contributed by atoms with Crippen LogP contribution >= 0.6 is 0 Å². The molecule has 1 N–H and O–H groups in total. The number of amides is 2. The van der Waals surface area contributed by atoms with Crippen molar-refractivity contribution in [1.82, 2.24) is 24.7 Å². The van der Waals surface area contributed by atoms with Gasteiger partial charge in [0.15, 0.2) is 8.32 Å². The smallest absolute Gasteiger partial charge is 0.412 e. The number of hydrogen-bond acceptors (Lipinski definition) is 7. The van der Waals surface area contributed by atoms with Crippen molar-refractivity contribution < 1.29 is 26.5 Å². The second-order valence-electron chi connectivity index (χ2n) is 9.58. The third-order valence-corrected chi connectivity index (χ3v) is 10.8. The van der Waals surface area contributed by atoms with Crippen LogP contribution in [0.5, 0.6) is 0 Å². The van der Waals surface area contributed by atoms with Gasteiger partial charge in [0.05, 0.1) is 25.0 Å². The van der Waals surface area contributed by atoms with Crippen LogP contribution < -0.4 is 0 Å². The Kier molecular flexibility index (Phi) is 7.62. The molecular formula is C21H31N5O6SSi. The van der Waals surface area contributed by atoms with E-state index in [4.69, 9.17) is 8.98 Å². The van der Waals surface area contributed by atoms with Crippen molar-refractivity contribution in [2.75, 3.05) is 13.1 Å². The number of hydrogen-bond donors (Lipinski definition) is 1. The molecule has 186 valence electrons. The zero-order chi connectivity index (χ0) is 25.1. The fourth-order valence-electron chi connectivity index (χ4n) is 3.10. The lowest BCUT2D eigenvalue weighted by molar-refractivity contribution is -0.0183. The van der Waals surface area contributed by atoms with Crippen LogP contribution in [0.1, 0.15) is 26.3 Å². The predicted octanol–water partition coefficient (Wildman–Crippen LogP) is 3.18. The van der Waals surface area contributed by atoms with Gasteiger partial charge in [0.2, 0.25) is 0 Å². The standard InChI is InChI=1S/C16H26N4O6SSi.C5H5N/c1-16(2,3)28(4,5)25-11-12-7-17-19(8-12)13-6-14-10-18(9-13)15(21)20(14)26-27(22,23)24;1-2-4-6-5-3-1/h6-8,14H,9-11H2,1-5H3,(H,22,23,24);1-5H. The molecule has 4 heterocycles. The molecule has 0 aliphatic carbocycles. The maximum Gasteiger partial charge on any atom is 0.418 e. The summed E-state index contributed by atoms with van der Waals surface area (Å²) >= 11 is 0. The highest BCUT2D eigenvalue weighted by molar-refractivity contribution is 7.80. The molecule has 2 amide bonds. The van der Waals surface area contributed by atoms with Gasteiger partial charge in [-0.05, 0) is 36.3 Å². The molecular weight excluding hydrogens is 478 g/mol. The van der Waals surface area contributed by atoms with E-state index in [1.54, 1.807) is 29.3 Å². The molecule has 2 bridgehead atoms. The molecule has 0 spiro atoms. The second kappa shape index (κ2) is 9.96. The van der Waals surface area contributed by atoms with Gasteiger partial charge in [-0.3, -0.25) is 9.54 Å². The van der Waals surface area contributed by atoms with E-state index in [0.29, 0.717) is 17.4 Å². The highest BCUT2D eigenvalue weighted by Gasteiger charge is 2.43. The van der Waals surface area contributed by atoms with E-state index >= 15 is 0 Å². The minimum atomic E-state index is -4.78. The SMILES string of the molecule is CC(C)(C)[Si](C)(C)OCc1cnn(C2=CC3CN(C2)C(=O)N3OS(=O)(=O)O)c1.c1ccncc1. The minimum Gasteiger partial charge on any atom is -0.412 e. The van der Waals surface area contributed by atoms with Crippen LogP contribution in [0, 0.1) is 0 Å². The number of pyridine rings is 1. The molecule has 0 saturated carbocycles. The van der Waals surface area contributed by atoms with Gasteiger partial charge in [-0.25, -0.2) is 9.48 Å². The van der Waals surface area contributed by atoms with Gasteiger partial charge < -0.3 is 9.33 Å². The first-order valence-electron chi connectivity index (χ1n) is 10.8. The lowest BCUT2D eigenvalue weighted by atomic mass is 10.2. The number of aromatic nitrogens is 3. The van der Waals surface area contributed by atoms with Crippen molar-refractivity contribution >= 4 is 30.4 Å². The van der Waals surface area contributed by atoms with E-state index < -0.39 is 30.8 Å². The fraction of sp³-hybridized carbons (Fsp3) is 0.476. The highest BCUT2D eigenvalue weighted by Crippen LogP contribution is 2.37. The average Bonchev–Trinajstić information content (AvgIpc) is 3.32. The molecule has 2 aromatic heterocycles. The largest absolute Gasteiger partial charge is 0.418 e. The molecule has 2 aliphatic heterocycles. The number of urea groups is 1. The average molecular weight is 510 g/mol. The Labute approximate surface area is 201 Å². The third-order valence-electron chi connectivity index (χ3n) is 5.98. The Balaban J connectivity index is 0.000000469. The summed E-state index contributed by atoms with van der Waals surface area (Å²) in [5, 5.41) is 5.11. The van der Waals surface area contributed by atoms with Gasteiger partial charge in [-0.2, -0.15) is 18.6 Å². The summed E-state index contributed by atoms with van der Waals surface area (Å²) in [6, 6.07) is 4.46. The zero-order valence-corrected chi connectivity index (χ0v) is 21.8. The van der Waals surface area contributed by atoms with Gasteiger partial charge >= 0.3 is 16.4 Å². The predicted molar refractivity (Wildman–Crippen MR) is 128 cm³/mol. The van der Waals surface area contributed by atoms with Crippen molar-refractivity contribution in [3.8, 4) is 0 Å². The van der Waals surface area contributed by atoms with Crippen molar-refractivity contribution in [1.29, 1.82) is 0 Å². The molecule has 1 saturated heterocycles. The lowest BCUT2D eigenvalue weighted by Gasteiger charge is -2.36. The van der Waals surface area contributed by atoms with Crippen LogP contribution in [0.2, 0.25) is 18.1 Å². The van der Waals surface area contributed by atoms with E-state index in [9.17, 15) is 13.2 Å². The monoisotopic (exact) mass is 509 g/mol. The number of carbonyl (C=O) groups excluding carboxylic acids is 1. The second-order valence-corrected chi connectivity index (χ2v) is 15.4. The molecule has 0 radical (unpaired) electrons. The number of rotatable bonds is 6. The third kappa shape index (κ3) is 6.51. The quantitative estimate of drug-likeness (QED) is 0.465. The first-order valence-corrected chi connectivity index (χ1v) is 15.0. The maximum atomic E-state index is 12.2. The first kappa shape index (κ1) is 26.0. The van der Waals surface area contributed by atoms with Gasteiger partial charge in [0.1, 0.15) is 6.04 Å². The lowest BCUT2D eigenvalue weighted by Crippen LogP contribution is -2.40. The van der Waals surface area contributed by atoms with Crippen molar-refractivity contribution in [2.45, 2.75) is 51.6 Å². The number of hydroxylamine groups is 2. The highest BCUT2D eigenvalue weighted by atomic mass is 32.3. The normalized spacial score (nSPS) is 18.5. The topological polar surface area (TPSA) is 127 Å². The van der Waals surface area contributed by atoms with Crippen molar-refractivity contribution in [3.05, 3.63) is 54.6 Å². The molecule has 11 nitrogen and oxygen atoms in total. The van der Waals surface area contributed by atoms with E-state index in [1.807, 2.05) is 24.4 Å². The number of nitrogens with zero attached hydrogens (tertiary/aromatic N) is 5. The van der Waals surface area contributed by atoms with Crippen LogP contribution in [0.25, 0.3) is 5.70 Å². The van der Waals surface area contributed by atoms with E-state index in [-0.39, 0.29) is 18.1 Å². The van der Waals surface area contributed by atoms with E-state index in [2.05, 4.69) is 48.2 Å². The molecule has 1 unspecified atom stereocenters. The number of fused-ring (bicyclic) bond motifs is 2. The van der Waals surface area contributed by atoms with Crippen LogP contribution in [-0.4, -0.2) is 71.2 Å². The molecule has 1 atom stereocenters. The molecule has 13 heteroatoms. The van der Waals surface area contributed by atoms with Crippen LogP contribution in [-0.2, 0) is 25.7 Å². The summed E-state index contributed by atoms with van der Waals surface area (Å²) < 4.78 is 43.1. The molecule has 4 rings (SSSR count). The van der Waals surface area contributed by atoms with Gasteiger partial charge in [-0.1, -0.05) is 26.8 Å². The summed E-state index contributed by atoms with van der Waals surface area (Å²) in [6.07, 6.45) is 8.76. The maximum absolute atomic E-state index is 12.2. The van der Waals surface area contributed by atoms with Crippen molar-refractivity contribution in [2.24, 2.45) is 0 Å². The zero-order valence-electron chi connectivity index (χ0n) is 20.0. The van der Waals surface area contributed by atoms with Crippen LogP contribution in [0.4, 0.5) is 4.79 Å². The Bertz CT molecular complexity index is 1100.